The minimum absolute atomic E-state index is 0.189. The highest BCUT2D eigenvalue weighted by Gasteiger charge is 2.18. The van der Waals surface area contributed by atoms with Crippen molar-refractivity contribution in [1.29, 1.82) is 0 Å². The van der Waals surface area contributed by atoms with E-state index in [-0.39, 0.29) is 11.6 Å². The molecule has 1 amide bonds. The molecule has 2 heterocycles. The number of ether oxygens (including phenoxy) is 1. The summed E-state index contributed by atoms with van der Waals surface area (Å²) in [6.45, 7) is 0. The van der Waals surface area contributed by atoms with Crippen molar-refractivity contribution in [1.82, 2.24) is 30.0 Å². The number of rotatable bonds is 5. The second-order valence-corrected chi connectivity index (χ2v) is 5.59. The van der Waals surface area contributed by atoms with Crippen LogP contribution in [0.5, 0.6) is 5.75 Å². The van der Waals surface area contributed by atoms with Gasteiger partial charge in [0.05, 0.1) is 24.7 Å². The Morgan fingerprint density at radius 3 is 2.59 bits per heavy atom. The zero-order valence-electron chi connectivity index (χ0n) is 14.4. The Balaban J connectivity index is 1.60. The Kier molecular flexibility index (Phi) is 4.32. The summed E-state index contributed by atoms with van der Waals surface area (Å²) in [5.74, 6) is 0.00313. The summed E-state index contributed by atoms with van der Waals surface area (Å²) in [6, 6.07) is 16.6. The number of hydrogen-bond acceptors (Lipinski definition) is 6. The van der Waals surface area contributed by atoms with Crippen LogP contribution in [0.2, 0.25) is 0 Å². The number of nitrogens with one attached hydrogen (secondary N) is 1. The van der Waals surface area contributed by atoms with E-state index in [1.54, 1.807) is 29.1 Å². The molecule has 4 aromatic rings. The monoisotopic (exact) mass is 361 g/mol. The van der Waals surface area contributed by atoms with E-state index in [1.165, 1.54) is 18.1 Å². The van der Waals surface area contributed by atoms with E-state index in [1.807, 2.05) is 36.4 Å². The van der Waals surface area contributed by atoms with Crippen LogP contribution in [0.25, 0.3) is 11.4 Å². The average Bonchev–Trinajstić information content (AvgIpc) is 3.39. The number of hydrogen-bond donors (Lipinski definition) is 1. The fraction of sp³-hybridized carbons (Fsp3) is 0.0556. The van der Waals surface area contributed by atoms with Gasteiger partial charge in [-0.1, -0.05) is 24.3 Å². The number of carbonyl (C=O) groups excluding carboxylic acids is 1. The first-order valence-corrected chi connectivity index (χ1v) is 8.08. The first-order valence-electron chi connectivity index (χ1n) is 8.08. The molecule has 0 radical (unpaired) electrons. The molecule has 0 bridgehead atoms. The number of aromatic nitrogens is 6. The Morgan fingerprint density at radius 2 is 1.85 bits per heavy atom. The van der Waals surface area contributed by atoms with Crippen molar-refractivity contribution in [3.05, 3.63) is 72.8 Å². The van der Waals surface area contributed by atoms with Crippen LogP contribution in [-0.2, 0) is 0 Å². The number of amides is 1. The van der Waals surface area contributed by atoms with Crippen LogP contribution in [0.3, 0.4) is 0 Å². The van der Waals surface area contributed by atoms with Gasteiger partial charge < -0.3 is 10.1 Å². The zero-order chi connectivity index (χ0) is 18.6. The molecule has 0 atom stereocenters. The van der Waals surface area contributed by atoms with Gasteiger partial charge in [0.15, 0.2) is 11.4 Å². The van der Waals surface area contributed by atoms with Gasteiger partial charge in [0.25, 0.3) is 5.91 Å². The van der Waals surface area contributed by atoms with E-state index < -0.39 is 0 Å². The number of nitrogens with zero attached hydrogens (tertiary/aromatic N) is 6. The van der Waals surface area contributed by atoms with E-state index >= 15 is 0 Å². The molecule has 0 fully saturated rings. The third-order valence-corrected chi connectivity index (χ3v) is 3.85. The van der Waals surface area contributed by atoms with E-state index in [4.69, 9.17) is 4.74 Å². The van der Waals surface area contributed by atoms with Crippen molar-refractivity contribution in [2.75, 3.05) is 12.4 Å². The van der Waals surface area contributed by atoms with Crippen LogP contribution < -0.4 is 10.1 Å². The molecule has 0 aliphatic heterocycles. The minimum Gasteiger partial charge on any atom is -0.493 e. The molecule has 134 valence electrons. The van der Waals surface area contributed by atoms with Crippen LogP contribution in [0.1, 0.15) is 10.5 Å². The predicted molar refractivity (Wildman–Crippen MR) is 97.2 cm³/mol. The van der Waals surface area contributed by atoms with Crippen molar-refractivity contribution >= 4 is 11.6 Å². The molecule has 0 spiro atoms. The normalized spacial score (nSPS) is 10.6. The number of para-hydroxylation sites is 1. The molecule has 0 unspecified atom stereocenters. The van der Waals surface area contributed by atoms with Crippen molar-refractivity contribution in [3.8, 4) is 17.1 Å². The average molecular weight is 361 g/mol. The molecule has 0 saturated carbocycles. The minimum atomic E-state index is -0.379. The smallest absolute Gasteiger partial charge is 0.280 e. The lowest BCUT2D eigenvalue weighted by atomic mass is 10.2. The van der Waals surface area contributed by atoms with Crippen LogP contribution in [0, 0.1) is 0 Å². The summed E-state index contributed by atoms with van der Waals surface area (Å²) >= 11 is 0. The predicted octanol–water partition coefficient (Wildman–Crippen LogP) is 2.11. The number of benzene rings is 2. The van der Waals surface area contributed by atoms with E-state index in [2.05, 4.69) is 25.9 Å². The molecular formula is C18H15N7O2. The lowest BCUT2D eigenvalue weighted by molar-refractivity contribution is 0.101. The summed E-state index contributed by atoms with van der Waals surface area (Å²) in [5, 5.41) is 18.2. The van der Waals surface area contributed by atoms with Crippen LogP contribution >= 0.6 is 0 Å². The number of tetrazole rings is 1. The zero-order valence-corrected chi connectivity index (χ0v) is 14.4. The summed E-state index contributed by atoms with van der Waals surface area (Å²) < 4.78 is 8.42. The van der Waals surface area contributed by atoms with E-state index in [0.717, 1.165) is 11.4 Å². The molecule has 2 aromatic carbocycles. The highest BCUT2D eigenvalue weighted by atomic mass is 16.5. The van der Waals surface area contributed by atoms with E-state index in [0.29, 0.717) is 11.4 Å². The Morgan fingerprint density at radius 1 is 1.04 bits per heavy atom. The molecule has 1 N–H and O–H groups in total. The maximum atomic E-state index is 12.7. The lowest BCUT2D eigenvalue weighted by Gasteiger charge is -2.06. The SMILES string of the molecule is COc1cn(-c2ccccc2)nc1C(=O)Nc1cccc(-n2cnnn2)c1. The molecule has 9 heteroatoms. The largest absolute Gasteiger partial charge is 0.493 e. The molecule has 9 nitrogen and oxygen atoms in total. The van der Waals surface area contributed by atoms with Gasteiger partial charge in [-0.3, -0.25) is 4.79 Å². The molecule has 0 aliphatic carbocycles. The Bertz CT molecular complexity index is 1060. The van der Waals surface area contributed by atoms with Crippen LogP contribution in [-0.4, -0.2) is 43.0 Å². The Labute approximate surface area is 154 Å². The van der Waals surface area contributed by atoms with Crippen molar-refractivity contribution in [3.63, 3.8) is 0 Å². The van der Waals surface area contributed by atoms with Gasteiger partial charge in [-0.05, 0) is 40.8 Å². The maximum absolute atomic E-state index is 12.7. The summed E-state index contributed by atoms with van der Waals surface area (Å²) in [4.78, 5) is 12.7. The first kappa shape index (κ1) is 16.5. The lowest BCUT2D eigenvalue weighted by Crippen LogP contribution is -2.14. The molecule has 2 aromatic heterocycles. The van der Waals surface area contributed by atoms with Crippen LogP contribution in [0.4, 0.5) is 5.69 Å². The van der Waals surface area contributed by atoms with Gasteiger partial charge >= 0.3 is 0 Å². The van der Waals surface area contributed by atoms with Crippen molar-refractivity contribution in [2.45, 2.75) is 0 Å². The standard InChI is InChI=1S/C18H15N7O2/c1-27-16-11-24(14-7-3-2-4-8-14)21-17(16)18(26)20-13-6-5-9-15(10-13)25-12-19-22-23-25/h2-12H,1H3,(H,20,26). The molecule has 0 aliphatic rings. The van der Waals surface area contributed by atoms with Gasteiger partial charge in [0.2, 0.25) is 0 Å². The number of carbonyl (C=O) groups is 1. The molecule has 27 heavy (non-hydrogen) atoms. The van der Waals surface area contributed by atoms with Gasteiger partial charge in [-0.15, -0.1) is 5.10 Å². The first-order chi connectivity index (χ1) is 13.2. The Hall–Kier alpha value is -4.01. The molecule has 0 saturated heterocycles. The van der Waals surface area contributed by atoms with Gasteiger partial charge in [-0.2, -0.15) is 5.10 Å². The highest BCUT2D eigenvalue weighted by Crippen LogP contribution is 2.21. The van der Waals surface area contributed by atoms with Gasteiger partial charge in [0.1, 0.15) is 6.33 Å². The highest BCUT2D eigenvalue weighted by molar-refractivity contribution is 6.04. The van der Waals surface area contributed by atoms with Crippen molar-refractivity contribution in [2.24, 2.45) is 0 Å². The summed E-state index contributed by atoms with van der Waals surface area (Å²) in [5.41, 5.74) is 2.33. The number of anilines is 1. The molecular weight excluding hydrogens is 346 g/mol. The number of methoxy groups -OCH3 is 1. The second-order valence-electron chi connectivity index (χ2n) is 5.59. The summed E-state index contributed by atoms with van der Waals surface area (Å²) in [7, 11) is 1.50. The van der Waals surface area contributed by atoms with Gasteiger partial charge in [0, 0.05) is 5.69 Å². The fourth-order valence-electron chi connectivity index (χ4n) is 2.57. The van der Waals surface area contributed by atoms with Crippen molar-refractivity contribution < 1.29 is 9.53 Å². The third kappa shape index (κ3) is 3.38. The van der Waals surface area contributed by atoms with E-state index in [9.17, 15) is 4.79 Å². The van der Waals surface area contributed by atoms with Gasteiger partial charge in [-0.25, -0.2) is 9.36 Å². The third-order valence-electron chi connectivity index (χ3n) is 3.85. The topological polar surface area (TPSA) is 99.8 Å². The second kappa shape index (κ2) is 7.08. The maximum Gasteiger partial charge on any atom is 0.280 e. The fourth-order valence-corrected chi connectivity index (χ4v) is 2.57. The quantitative estimate of drug-likeness (QED) is 0.584. The summed E-state index contributed by atoms with van der Waals surface area (Å²) in [6.07, 6.45) is 3.15. The van der Waals surface area contributed by atoms with Crippen LogP contribution in [0.15, 0.2) is 67.1 Å². The molecule has 4 rings (SSSR count).